The standard InChI is InChI=1S/C13H17ClN2/c1-9(2)15-8-12-7-10-6-11(14)4-5-13(10)16(12)3/h4-7,9,15H,8H2,1-3H3. The predicted molar refractivity (Wildman–Crippen MR) is 69.9 cm³/mol. The number of halogens is 1. The summed E-state index contributed by atoms with van der Waals surface area (Å²) in [6.07, 6.45) is 0. The van der Waals surface area contributed by atoms with Gasteiger partial charge >= 0.3 is 0 Å². The largest absolute Gasteiger partial charge is 0.346 e. The van der Waals surface area contributed by atoms with Crippen molar-refractivity contribution in [3.8, 4) is 0 Å². The predicted octanol–water partition coefficient (Wildman–Crippen LogP) is 3.33. The zero-order valence-corrected chi connectivity index (χ0v) is 10.7. The summed E-state index contributed by atoms with van der Waals surface area (Å²) in [5.41, 5.74) is 2.51. The molecule has 1 aromatic carbocycles. The summed E-state index contributed by atoms with van der Waals surface area (Å²) in [6, 6.07) is 8.70. The van der Waals surface area contributed by atoms with Crippen LogP contribution in [-0.2, 0) is 13.6 Å². The van der Waals surface area contributed by atoms with Gasteiger partial charge in [-0.25, -0.2) is 0 Å². The number of aromatic nitrogens is 1. The zero-order chi connectivity index (χ0) is 11.7. The van der Waals surface area contributed by atoms with Crippen molar-refractivity contribution in [3.05, 3.63) is 35.0 Å². The maximum atomic E-state index is 5.98. The van der Waals surface area contributed by atoms with Gasteiger partial charge in [0.2, 0.25) is 0 Å². The Balaban J connectivity index is 2.36. The highest BCUT2D eigenvalue weighted by Gasteiger charge is 2.06. The lowest BCUT2D eigenvalue weighted by molar-refractivity contribution is 0.572. The monoisotopic (exact) mass is 236 g/mol. The number of hydrogen-bond donors (Lipinski definition) is 1. The van der Waals surface area contributed by atoms with E-state index in [1.54, 1.807) is 0 Å². The Morgan fingerprint density at radius 2 is 2.06 bits per heavy atom. The maximum Gasteiger partial charge on any atom is 0.0481 e. The molecule has 1 aromatic heterocycles. The molecule has 0 aliphatic carbocycles. The van der Waals surface area contributed by atoms with E-state index in [0.29, 0.717) is 6.04 Å². The topological polar surface area (TPSA) is 17.0 Å². The second-order valence-corrected chi connectivity index (χ2v) is 4.87. The molecule has 0 saturated heterocycles. The summed E-state index contributed by atoms with van der Waals surface area (Å²) in [6.45, 7) is 5.19. The van der Waals surface area contributed by atoms with Crippen LogP contribution in [0.1, 0.15) is 19.5 Å². The van der Waals surface area contributed by atoms with Gasteiger partial charge in [-0.05, 0) is 24.3 Å². The third-order valence-corrected chi connectivity index (χ3v) is 3.03. The molecule has 2 aromatic rings. The van der Waals surface area contributed by atoms with E-state index in [0.717, 1.165) is 11.6 Å². The molecule has 0 radical (unpaired) electrons. The molecule has 0 aliphatic rings. The average Bonchev–Trinajstić information content (AvgIpc) is 2.52. The van der Waals surface area contributed by atoms with E-state index in [-0.39, 0.29) is 0 Å². The Morgan fingerprint density at radius 3 is 2.75 bits per heavy atom. The molecular formula is C13H17ClN2. The van der Waals surface area contributed by atoms with E-state index in [9.17, 15) is 0 Å². The first-order valence-electron chi connectivity index (χ1n) is 5.55. The maximum absolute atomic E-state index is 5.98. The molecule has 16 heavy (non-hydrogen) atoms. The second kappa shape index (κ2) is 4.48. The Hall–Kier alpha value is -0.990. The summed E-state index contributed by atoms with van der Waals surface area (Å²) in [5, 5.41) is 5.42. The number of nitrogens with zero attached hydrogens (tertiary/aromatic N) is 1. The van der Waals surface area contributed by atoms with Crippen molar-refractivity contribution < 1.29 is 0 Å². The number of fused-ring (bicyclic) bond motifs is 1. The van der Waals surface area contributed by atoms with Crippen molar-refractivity contribution >= 4 is 22.5 Å². The lowest BCUT2D eigenvalue weighted by Crippen LogP contribution is -2.22. The normalized spacial score (nSPS) is 11.6. The molecule has 1 heterocycles. The smallest absolute Gasteiger partial charge is 0.0481 e. The highest BCUT2D eigenvalue weighted by molar-refractivity contribution is 6.31. The van der Waals surface area contributed by atoms with Crippen molar-refractivity contribution in [2.24, 2.45) is 7.05 Å². The number of benzene rings is 1. The molecule has 0 fully saturated rings. The molecule has 0 aliphatic heterocycles. The van der Waals surface area contributed by atoms with Gasteiger partial charge in [-0.15, -0.1) is 0 Å². The molecule has 2 nitrogen and oxygen atoms in total. The minimum Gasteiger partial charge on any atom is -0.346 e. The molecule has 3 heteroatoms. The number of rotatable bonds is 3. The van der Waals surface area contributed by atoms with E-state index in [4.69, 9.17) is 11.6 Å². The second-order valence-electron chi connectivity index (χ2n) is 4.43. The van der Waals surface area contributed by atoms with Crippen LogP contribution in [0.2, 0.25) is 5.02 Å². The van der Waals surface area contributed by atoms with Crippen LogP contribution >= 0.6 is 11.6 Å². The SMILES string of the molecule is CC(C)NCc1cc2cc(Cl)ccc2n1C. The molecule has 2 rings (SSSR count). The van der Waals surface area contributed by atoms with E-state index in [1.165, 1.54) is 16.6 Å². The molecule has 1 N–H and O–H groups in total. The van der Waals surface area contributed by atoms with Gasteiger partial charge < -0.3 is 9.88 Å². The van der Waals surface area contributed by atoms with Crippen LogP contribution in [0.4, 0.5) is 0 Å². The van der Waals surface area contributed by atoms with Gasteiger partial charge in [0.1, 0.15) is 0 Å². The molecule has 0 unspecified atom stereocenters. The molecule has 0 atom stereocenters. The number of hydrogen-bond acceptors (Lipinski definition) is 1. The van der Waals surface area contributed by atoms with Gasteiger partial charge in [0.15, 0.2) is 0 Å². The Bertz CT molecular complexity index is 500. The summed E-state index contributed by atoms with van der Waals surface area (Å²) in [7, 11) is 2.09. The Kier molecular flexibility index (Phi) is 3.22. The third-order valence-electron chi connectivity index (χ3n) is 2.80. The van der Waals surface area contributed by atoms with E-state index in [1.807, 2.05) is 12.1 Å². The van der Waals surface area contributed by atoms with E-state index in [2.05, 4.69) is 42.9 Å². The van der Waals surface area contributed by atoms with Crippen LogP contribution < -0.4 is 5.32 Å². The highest BCUT2D eigenvalue weighted by atomic mass is 35.5. The van der Waals surface area contributed by atoms with Gasteiger partial charge in [-0.2, -0.15) is 0 Å². The van der Waals surface area contributed by atoms with Crippen molar-refractivity contribution in [2.75, 3.05) is 0 Å². The van der Waals surface area contributed by atoms with Crippen molar-refractivity contribution in [3.63, 3.8) is 0 Å². The molecule has 0 bridgehead atoms. The van der Waals surface area contributed by atoms with E-state index >= 15 is 0 Å². The van der Waals surface area contributed by atoms with Crippen LogP contribution in [0.3, 0.4) is 0 Å². The quantitative estimate of drug-likeness (QED) is 0.865. The van der Waals surface area contributed by atoms with Crippen LogP contribution in [0.5, 0.6) is 0 Å². The first-order valence-corrected chi connectivity index (χ1v) is 5.93. The van der Waals surface area contributed by atoms with Crippen molar-refractivity contribution in [2.45, 2.75) is 26.4 Å². The number of aryl methyl sites for hydroxylation is 1. The lowest BCUT2D eigenvalue weighted by Gasteiger charge is -2.08. The first-order chi connectivity index (χ1) is 7.58. The van der Waals surface area contributed by atoms with Crippen LogP contribution in [0, 0.1) is 0 Å². The van der Waals surface area contributed by atoms with Crippen LogP contribution in [0.25, 0.3) is 10.9 Å². The van der Waals surface area contributed by atoms with Gasteiger partial charge in [0.25, 0.3) is 0 Å². The van der Waals surface area contributed by atoms with E-state index < -0.39 is 0 Å². The van der Waals surface area contributed by atoms with Crippen molar-refractivity contribution in [1.29, 1.82) is 0 Å². The summed E-state index contributed by atoms with van der Waals surface area (Å²) in [5.74, 6) is 0. The summed E-state index contributed by atoms with van der Waals surface area (Å²) < 4.78 is 2.21. The third kappa shape index (κ3) is 2.23. The Morgan fingerprint density at radius 1 is 1.31 bits per heavy atom. The minimum absolute atomic E-state index is 0.501. The molecule has 0 amide bonds. The molecular weight excluding hydrogens is 220 g/mol. The fourth-order valence-corrected chi connectivity index (χ4v) is 2.04. The fraction of sp³-hybridized carbons (Fsp3) is 0.385. The summed E-state index contributed by atoms with van der Waals surface area (Å²) in [4.78, 5) is 0. The van der Waals surface area contributed by atoms with Gasteiger partial charge in [0, 0.05) is 41.3 Å². The van der Waals surface area contributed by atoms with Gasteiger partial charge in [0.05, 0.1) is 0 Å². The zero-order valence-electron chi connectivity index (χ0n) is 9.92. The number of nitrogens with one attached hydrogen (secondary N) is 1. The molecule has 0 saturated carbocycles. The van der Waals surface area contributed by atoms with Gasteiger partial charge in [-0.3, -0.25) is 0 Å². The molecule has 86 valence electrons. The first kappa shape index (κ1) is 11.5. The summed E-state index contributed by atoms with van der Waals surface area (Å²) >= 11 is 5.98. The minimum atomic E-state index is 0.501. The van der Waals surface area contributed by atoms with Crippen LogP contribution in [0.15, 0.2) is 24.3 Å². The Labute approximate surface area is 101 Å². The highest BCUT2D eigenvalue weighted by Crippen LogP contribution is 2.22. The lowest BCUT2D eigenvalue weighted by atomic mass is 10.2. The fourth-order valence-electron chi connectivity index (χ4n) is 1.86. The van der Waals surface area contributed by atoms with Crippen LogP contribution in [-0.4, -0.2) is 10.6 Å². The van der Waals surface area contributed by atoms with Crippen molar-refractivity contribution in [1.82, 2.24) is 9.88 Å². The van der Waals surface area contributed by atoms with Gasteiger partial charge in [-0.1, -0.05) is 25.4 Å². The molecule has 0 spiro atoms. The average molecular weight is 237 g/mol.